The Labute approximate surface area is 217 Å². The molecule has 2 unspecified atom stereocenters. The van der Waals surface area contributed by atoms with Crippen LogP contribution in [0.2, 0.25) is 0 Å². The Bertz CT molecular complexity index is 1140. The van der Waals surface area contributed by atoms with E-state index in [0.717, 1.165) is 37.8 Å². The van der Waals surface area contributed by atoms with Crippen LogP contribution in [0.3, 0.4) is 0 Å². The van der Waals surface area contributed by atoms with Crippen LogP contribution in [0, 0.1) is 13.8 Å². The monoisotopic (exact) mass is 486 g/mol. The SMILES string of the molecule is C/C=C(\S/C=C(\C)Cc1cc(C)c(CCN=CN(C)CC)cc1C)c1ccc2c(c1)C1CCC2C1. The molecular weight excluding hydrogens is 444 g/mol. The minimum Gasteiger partial charge on any atom is -0.366 e. The maximum absolute atomic E-state index is 4.57. The fourth-order valence-corrected chi connectivity index (χ4v) is 6.48. The average Bonchev–Trinajstić information content (AvgIpc) is 3.47. The van der Waals surface area contributed by atoms with Gasteiger partial charge in [0.05, 0.1) is 6.34 Å². The summed E-state index contributed by atoms with van der Waals surface area (Å²) < 4.78 is 0. The number of aliphatic imine (C=N–C) groups is 1. The van der Waals surface area contributed by atoms with E-state index in [2.05, 4.69) is 93.4 Å². The van der Waals surface area contributed by atoms with E-state index in [1.165, 1.54) is 57.6 Å². The third-order valence-electron chi connectivity index (χ3n) is 7.88. The van der Waals surface area contributed by atoms with E-state index in [-0.39, 0.29) is 0 Å². The Balaban J connectivity index is 1.38. The van der Waals surface area contributed by atoms with Crippen LogP contribution in [0.25, 0.3) is 4.91 Å². The topological polar surface area (TPSA) is 15.6 Å². The highest BCUT2D eigenvalue weighted by atomic mass is 32.2. The molecule has 0 aliphatic heterocycles. The van der Waals surface area contributed by atoms with E-state index in [9.17, 15) is 0 Å². The molecule has 1 fully saturated rings. The van der Waals surface area contributed by atoms with Gasteiger partial charge in [-0.2, -0.15) is 0 Å². The lowest BCUT2D eigenvalue weighted by atomic mass is 9.90. The van der Waals surface area contributed by atoms with Crippen LogP contribution < -0.4 is 0 Å². The maximum atomic E-state index is 4.57. The van der Waals surface area contributed by atoms with Crippen LogP contribution in [0.15, 0.2) is 52.4 Å². The number of allylic oxidation sites excluding steroid dienone is 2. The van der Waals surface area contributed by atoms with Gasteiger partial charge in [0, 0.05) is 25.0 Å². The number of nitrogens with zero attached hydrogens (tertiary/aromatic N) is 2. The molecule has 0 aromatic heterocycles. The average molecular weight is 487 g/mol. The molecule has 0 N–H and O–H groups in total. The van der Waals surface area contributed by atoms with Crippen molar-refractivity contribution in [2.75, 3.05) is 20.1 Å². The standard InChI is InChI=1S/C32H42N2S/c1-7-32(28-11-12-30-26-9-10-27(18-26)31(30)19-28)35-20-22(3)15-29-17-23(4)25(16-24(29)5)13-14-33-21-34(6)8-2/h7,11-12,16-17,19-21,26-27H,8-10,13-15,18H2,1-6H3/b22-20+,32-7-,33-21?. The summed E-state index contributed by atoms with van der Waals surface area (Å²) in [6, 6.07) is 12.0. The number of hydrogen-bond acceptors (Lipinski definition) is 2. The summed E-state index contributed by atoms with van der Waals surface area (Å²) in [5.74, 6) is 1.65. The summed E-state index contributed by atoms with van der Waals surface area (Å²) in [5, 5.41) is 2.36. The zero-order chi connectivity index (χ0) is 24.9. The minimum absolute atomic E-state index is 0.814. The lowest BCUT2D eigenvalue weighted by Crippen LogP contribution is -2.15. The van der Waals surface area contributed by atoms with Crippen molar-refractivity contribution in [3.05, 3.63) is 86.3 Å². The molecule has 1 saturated carbocycles. The molecule has 186 valence electrons. The summed E-state index contributed by atoms with van der Waals surface area (Å²) in [6.07, 6.45) is 10.4. The number of thioether (sulfide) groups is 1. The lowest BCUT2D eigenvalue weighted by molar-refractivity contribution is 0.549. The molecule has 2 bridgehead atoms. The molecule has 0 amide bonds. The van der Waals surface area contributed by atoms with Gasteiger partial charge < -0.3 is 4.90 Å². The smallest absolute Gasteiger partial charge is 0.0847 e. The van der Waals surface area contributed by atoms with Crippen molar-refractivity contribution in [1.82, 2.24) is 4.90 Å². The quantitative estimate of drug-likeness (QED) is 0.247. The van der Waals surface area contributed by atoms with Gasteiger partial charge in [-0.3, -0.25) is 4.99 Å². The Morgan fingerprint density at radius 3 is 2.51 bits per heavy atom. The molecule has 2 nitrogen and oxygen atoms in total. The first-order valence-corrected chi connectivity index (χ1v) is 14.2. The van der Waals surface area contributed by atoms with Gasteiger partial charge in [-0.25, -0.2) is 0 Å². The summed E-state index contributed by atoms with van der Waals surface area (Å²) in [7, 11) is 2.07. The first kappa shape index (κ1) is 25.8. The first-order chi connectivity index (χ1) is 16.9. The fourth-order valence-electron chi connectivity index (χ4n) is 5.67. The second kappa shape index (κ2) is 11.6. The Hall–Kier alpha value is -2.26. The number of hydrogen-bond donors (Lipinski definition) is 0. The largest absolute Gasteiger partial charge is 0.366 e. The van der Waals surface area contributed by atoms with Gasteiger partial charge in [0.2, 0.25) is 0 Å². The zero-order valence-corrected chi connectivity index (χ0v) is 23.3. The van der Waals surface area contributed by atoms with E-state index < -0.39 is 0 Å². The van der Waals surface area contributed by atoms with E-state index >= 15 is 0 Å². The Kier molecular flexibility index (Phi) is 8.59. The van der Waals surface area contributed by atoms with Crippen LogP contribution in [0.4, 0.5) is 0 Å². The number of aryl methyl sites for hydroxylation is 2. The Morgan fingerprint density at radius 2 is 1.77 bits per heavy atom. The molecule has 0 spiro atoms. The van der Waals surface area contributed by atoms with Gasteiger partial charge >= 0.3 is 0 Å². The molecule has 4 rings (SSSR count). The van der Waals surface area contributed by atoms with Crippen LogP contribution >= 0.6 is 11.8 Å². The molecule has 2 aromatic rings. The summed E-state index contributed by atoms with van der Waals surface area (Å²) in [6.45, 7) is 12.9. The molecule has 3 heteroatoms. The molecule has 0 radical (unpaired) electrons. The third kappa shape index (κ3) is 6.12. The highest BCUT2D eigenvalue weighted by Crippen LogP contribution is 2.53. The van der Waals surface area contributed by atoms with Crippen LogP contribution in [-0.4, -0.2) is 31.4 Å². The molecule has 2 aliphatic carbocycles. The fraction of sp³-hybridized carbons (Fsp3) is 0.469. The van der Waals surface area contributed by atoms with Crippen molar-refractivity contribution >= 4 is 23.0 Å². The van der Waals surface area contributed by atoms with E-state index in [1.807, 2.05) is 18.1 Å². The second-order valence-electron chi connectivity index (χ2n) is 10.5. The van der Waals surface area contributed by atoms with Gasteiger partial charge in [0.1, 0.15) is 0 Å². The van der Waals surface area contributed by atoms with Crippen LogP contribution in [-0.2, 0) is 12.8 Å². The summed E-state index contributed by atoms with van der Waals surface area (Å²) >= 11 is 1.88. The minimum atomic E-state index is 0.814. The first-order valence-electron chi connectivity index (χ1n) is 13.3. The van der Waals surface area contributed by atoms with Crippen molar-refractivity contribution in [3.63, 3.8) is 0 Å². The molecule has 0 saturated heterocycles. The van der Waals surface area contributed by atoms with Gasteiger partial charge in [0.15, 0.2) is 0 Å². The van der Waals surface area contributed by atoms with Crippen LogP contribution in [0.1, 0.15) is 90.8 Å². The van der Waals surface area contributed by atoms with Gasteiger partial charge in [-0.05, 0) is 123 Å². The highest BCUT2D eigenvalue weighted by molar-refractivity contribution is 8.10. The molecule has 0 heterocycles. The van der Waals surface area contributed by atoms with Crippen molar-refractivity contribution in [3.8, 4) is 0 Å². The van der Waals surface area contributed by atoms with Crippen molar-refractivity contribution < 1.29 is 0 Å². The van der Waals surface area contributed by atoms with Crippen molar-refractivity contribution in [2.24, 2.45) is 4.99 Å². The van der Waals surface area contributed by atoms with Gasteiger partial charge in [-0.1, -0.05) is 53.7 Å². The maximum Gasteiger partial charge on any atom is 0.0847 e. The highest BCUT2D eigenvalue weighted by Gasteiger charge is 2.36. The van der Waals surface area contributed by atoms with E-state index in [0.29, 0.717) is 0 Å². The molecule has 2 aliphatic rings. The number of rotatable bonds is 10. The zero-order valence-electron chi connectivity index (χ0n) is 22.5. The second-order valence-corrected chi connectivity index (χ2v) is 11.4. The molecular formula is C32H42N2S. The third-order valence-corrected chi connectivity index (χ3v) is 9.13. The molecule has 2 aromatic carbocycles. The predicted octanol–water partition coefficient (Wildman–Crippen LogP) is 8.43. The number of benzene rings is 2. The van der Waals surface area contributed by atoms with Crippen molar-refractivity contribution in [1.29, 1.82) is 0 Å². The predicted molar refractivity (Wildman–Crippen MR) is 156 cm³/mol. The van der Waals surface area contributed by atoms with Gasteiger partial charge in [0.25, 0.3) is 0 Å². The lowest BCUT2D eigenvalue weighted by Gasteiger charge is -2.17. The normalized spacial score (nSPS) is 19.6. The Morgan fingerprint density at radius 1 is 1.06 bits per heavy atom. The number of fused-ring (bicyclic) bond motifs is 5. The summed E-state index contributed by atoms with van der Waals surface area (Å²) in [4.78, 5) is 8.05. The molecule has 2 atom stereocenters. The van der Waals surface area contributed by atoms with E-state index in [1.54, 1.807) is 11.1 Å². The van der Waals surface area contributed by atoms with Crippen LogP contribution in [0.5, 0.6) is 0 Å². The van der Waals surface area contributed by atoms with E-state index in [4.69, 9.17) is 0 Å². The van der Waals surface area contributed by atoms with Crippen molar-refractivity contribution in [2.45, 2.75) is 78.6 Å². The molecule has 35 heavy (non-hydrogen) atoms. The van der Waals surface area contributed by atoms with Gasteiger partial charge in [-0.15, -0.1) is 0 Å². The summed E-state index contributed by atoms with van der Waals surface area (Å²) in [5.41, 5.74) is 11.7.